The van der Waals surface area contributed by atoms with Gasteiger partial charge in [0.2, 0.25) is 0 Å². The van der Waals surface area contributed by atoms with Crippen LogP contribution in [0, 0.1) is 22.7 Å². The Labute approximate surface area is 154 Å². The Morgan fingerprint density at radius 2 is 1.20 bits per heavy atom. The van der Waals surface area contributed by atoms with Gasteiger partial charge in [0.25, 0.3) is 0 Å². The average molecular weight is 351 g/mol. The summed E-state index contributed by atoms with van der Waals surface area (Å²) in [5, 5.41) is 8.62. The van der Waals surface area contributed by atoms with Crippen LogP contribution in [0.15, 0.2) is 11.6 Å². The van der Waals surface area contributed by atoms with Crippen molar-refractivity contribution < 1.29 is 14.7 Å². The van der Waals surface area contributed by atoms with E-state index < -0.39 is 5.97 Å². The highest BCUT2D eigenvalue weighted by Gasteiger charge is 2.28. The minimum absolute atomic E-state index is 0.370. The fourth-order valence-electron chi connectivity index (χ4n) is 3.98. The molecule has 0 aromatic heterocycles. The minimum Gasteiger partial charge on any atom is -0.478 e. The Morgan fingerprint density at radius 1 is 0.840 bits per heavy atom. The Bertz CT molecular complexity index is 468. The van der Waals surface area contributed by atoms with Gasteiger partial charge in [-0.25, -0.2) is 4.79 Å². The van der Waals surface area contributed by atoms with Crippen LogP contribution in [0.1, 0.15) is 92.9 Å². The average Bonchev–Trinajstić information content (AvgIpc) is 2.46. The Kier molecular flexibility index (Phi) is 7.89. The van der Waals surface area contributed by atoms with E-state index in [9.17, 15) is 9.59 Å². The van der Waals surface area contributed by atoms with Gasteiger partial charge < -0.3 is 5.11 Å². The van der Waals surface area contributed by atoms with Gasteiger partial charge in [-0.3, -0.25) is 4.79 Å². The van der Waals surface area contributed by atoms with Crippen LogP contribution in [-0.2, 0) is 9.59 Å². The first-order valence-electron chi connectivity index (χ1n) is 9.83. The summed E-state index contributed by atoms with van der Waals surface area (Å²) >= 11 is 0. The first-order chi connectivity index (χ1) is 11.4. The maximum absolute atomic E-state index is 10.9. The number of carbonyl (C=O) groups is 2. The lowest BCUT2D eigenvalue weighted by atomic mass is 9.71. The van der Waals surface area contributed by atoms with Gasteiger partial charge in [-0.2, -0.15) is 0 Å². The van der Waals surface area contributed by atoms with E-state index in [0.717, 1.165) is 68.8 Å². The van der Waals surface area contributed by atoms with Crippen LogP contribution in [0.25, 0.3) is 0 Å². The molecule has 25 heavy (non-hydrogen) atoms. The molecule has 2 aliphatic rings. The van der Waals surface area contributed by atoms with Crippen molar-refractivity contribution in [1.82, 2.24) is 0 Å². The molecular formula is C22H38O3. The lowest BCUT2D eigenvalue weighted by Crippen LogP contribution is -2.25. The normalized spacial score (nSPS) is 22.9. The second-order valence-corrected chi connectivity index (χ2v) is 9.96. The predicted octanol–water partition coefficient (Wildman–Crippen LogP) is 6.03. The van der Waals surface area contributed by atoms with E-state index in [1.54, 1.807) is 0 Å². The molecule has 0 saturated heterocycles. The molecule has 2 rings (SSSR count). The molecule has 2 fully saturated rings. The molecule has 3 nitrogen and oxygen atoms in total. The summed E-state index contributed by atoms with van der Waals surface area (Å²) in [5.41, 5.74) is 1.88. The zero-order valence-corrected chi connectivity index (χ0v) is 17.2. The molecule has 0 heterocycles. The number of aliphatic carboxylic acids is 1. The maximum atomic E-state index is 10.9. The Hall–Kier alpha value is -1.12. The summed E-state index contributed by atoms with van der Waals surface area (Å²) in [5.74, 6) is 1.17. The number of carboxylic acids is 1. The molecule has 0 spiro atoms. The number of carbonyl (C=O) groups excluding carboxylic acids is 1. The molecule has 0 aromatic carbocycles. The summed E-state index contributed by atoms with van der Waals surface area (Å²) in [6, 6.07) is 0. The summed E-state index contributed by atoms with van der Waals surface area (Å²) in [6.07, 6.45) is 9.47. The van der Waals surface area contributed by atoms with Crippen LogP contribution >= 0.6 is 0 Å². The minimum atomic E-state index is -0.797. The van der Waals surface area contributed by atoms with Crippen molar-refractivity contribution in [2.75, 3.05) is 0 Å². The quantitative estimate of drug-likeness (QED) is 0.588. The lowest BCUT2D eigenvalue weighted by Gasteiger charge is -2.34. The summed E-state index contributed by atoms with van der Waals surface area (Å²) in [4.78, 5) is 21.4. The molecule has 3 heteroatoms. The molecule has 0 atom stereocenters. The van der Waals surface area contributed by atoms with Crippen LogP contribution in [0.5, 0.6) is 0 Å². The molecule has 144 valence electrons. The molecule has 0 unspecified atom stereocenters. The van der Waals surface area contributed by atoms with Gasteiger partial charge in [-0.15, -0.1) is 0 Å². The van der Waals surface area contributed by atoms with E-state index in [2.05, 4.69) is 41.5 Å². The van der Waals surface area contributed by atoms with E-state index >= 15 is 0 Å². The Balaban J connectivity index is 0.000000257. The topological polar surface area (TPSA) is 54.4 Å². The largest absolute Gasteiger partial charge is 0.478 e. The molecule has 0 radical (unpaired) electrons. The molecule has 0 amide bonds. The summed E-state index contributed by atoms with van der Waals surface area (Å²) < 4.78 is 0. The third-order valence-corrected chi connectivity index (χ3v) is 5.95. The molecule has 0 bridgehead atoms. The van der Waals surface area contributed by atoms with Gasteiger partial charge in [-0.1, -0.05) is 47.1 Å². The standard InChI is InChI=1S/C12H20O2.C10H18O/c1-12(2,3)10-6-4-9(5-7-10)8-11(13)14;1-10(2,3)8-4-6-9(11)7-5-8/h8,10H,4-7H2,1-3H3,(H,13,14);8H,4-7H2,1-3H3. The zero-order valence-electron chi connectivity index (χ0n) is 17.2. The van der Waals surface area contributed by atoms with Crippen LogP contribution in [0.3, 0.4) is 0 Å². The van der Waals surface area contributed by atoms with Gasteiger partial charge in [0.15, 0.2) is 0 Å². The highest BCUT2D eigenvalue weighted by atomic mass is 16.4. The lowest BCUT2D eigenvalue weighted by molar-refractivity contribution is -0.131. The van der Waals surface area contributed by atoms with E-state index in [-0.39, 0.29) is 0 Å². The zero-order chi connectivity index (χ0) is 19.3. The third-order valence-electron chi connectivity index (χ3n) is 5.95. The molecular weight excluding hydrogens is 312 g/mol. The van der Waals surface area contributed by atoms with Crippen molar-refractivity contribution in [2.24, 2.45) is 22.7 Å². The SMILES string of the molecule is CC(C)(C)C1CCC(=CC(=O)O)CC1.CC(C)(C)C1CCC(=O)CC1. The first-order valence-corrected chi connectivity index (χ1v) is 9.83. The summed E-state index contributed by atoms with van der Waals surface area (Å²) in [7, 11) is 0. The number of hydrogen-bond acceptors (Lipinski definition) is 2. The van der Waals surface area contributed by atoms with Crippen LogP contribution in [-0.4, -0.2) is 16.9 Å². The number of carboxylic acid groups (broad SMARTS) is 1. The summed E-state index contributed by atoms with van der Waals surface area (Å²) in [6.45, 7) is 13.6. The van der Waals surface area contributed by atoms with Gasteiger partial charge >= 0.3 is 5.97 Å². The highest BCUT2D eigenvalue weighted by Crippen LogP contribution is 2.39. The van der Waals surface area contributed by atoms with Crippen molar-refractivity contribution in [2.45, 2.75) is 92.9 Å². The number of Topliss-reactive ketones (excluding diaryl/α,β-unsaturated/α-hetero) is 1. The van der Waals surface area contributed by atoms with E-state index in [4.69, 9.17) is 5.11 Å². The van der Waals surface area contributed by atoms with Crippen molar-refractivity contribution >= 4 is 11.8 Å². The second kappa shape index (κ2) is 9.00. The van der Waals surface area contributed by atoms with Crippen molar-refractivity contribution in [1.29, 1.82) is 0 Å². The fraction of sp³-hybridized carbons (Fsp3) is 0.818. The predicted molar refractivity (Wildman–Crippen MR) is 104 cm³/mol. The van der Waals surface area contributed by atoms with Crippen molar-refractivity contribution in [3.05, 3.63) is 11.6 Å². The number of rotatable bonds is 1. The maximum Gasteiger partial charge on any atom is 0.328 e. The van der Waals surface area contributed by atoms with Crippen molar-refractivity contribution in [3.63, 3.8) is 0 Å². The van der Waals surface area contributed by atoms with E-state index in [0.29, 0.717) is 16.6 Å². The third kappa shape index (κ3) is 8.20. The van der Waals surface area contributed by atoms with E-state index in [1.165, 1.54) is 6.08 Å². The number of allylic oxidation sites excluding steroid dienone is 1. The smallest absolute Gasteiger partial charge is 0.328 e. The van der Waals surface area contributed by atoms with Crippen molar-refractivity contribution in [3.8, 4) is 0 Å². The first kappa shape index (κ1) is 21.9. The molecule has 2 aliphatic carbocycles. The molecule has 0 aromatic rings. The van der Waals surface area contributed by atoms with Crippen LogP contribution in [0.2, 0.25) is 0 Å². The van der Waals surface area contributed by atoms with Gasteiger partial charge in [0.05, 0.1) is 0 Å². The monoisotopic (exact) mass is 350 g/mol. The molecule has 2 saturated carbocycles. The highest BCUT2D eigenvalue weighted by molar-refractivity contribution is 5.80. The van der Waals surface area contributed by atoms with E-state index in [1.807, 2.05) is 0 Å². The fourth-order valence-corrected chi connectivity index (χ4v) is 3.98. The van der Waals surface area contributed by atoms with Gasteiger partial charge in [0.1, 0.15) is 5.78 Å². The Morgan fingerprint density at radius 3 is 1.52 bits per heavy atom. The second-order valence-electron chi connectivity index (χ2n) is 9.96. The molecule has 0 aliphatic heterocycles. The van der Waals surface area contributed by atoms with Gasteiger partial charge in [0, 0.05) is 18.9 Å². The van der Waals surface area contributed by atoms with Crippen LogP contribution in [0.4, 0.5) is 0 Å². The molecule has 1 N–H and O–H groups in total. The number of hydrogen-bond donors (Lipinski definition) is 1. The van der Waals surface area contributed by atoms with Gasteiger partial charge in [-0.05, 0) is 61.2 Å². The van der Waals surface area contributed by atoms with Crippen LogP contribution < -0.4 is 0 Å². The number of ketones is 1.